The lowest BCUT2D eigenvalue weighted by atomic mass is 9.82. The van der Waals surface area contributed by atoms with E-state index in [0.717, 1.165) is 24.2 Å². The number of hydrogen-bond acceptors (Lipinski definition) is 6. The van der Waals surface area contributed by atoms with Gasteiger partial charge in [-0.2, -0.15) is 5.10 Å². The molecule has 12 heteroatoms. The molecule has 48 heavy (non-hydrogen) atoms. The van der Waals surface area contributed by atoms with Crippen molar-refractivity contribution in [2.75, 3.05) is 38.5 Å². The van der Waals surface area contributed by atoms with Crippen LogP contribution in [-0.4, -0.2) is 82.4 Å². The lowest BCUT2D eigenvalue weighted by molar-refractivity contribution is -0.138. The van der Waals surface area contributed by atoms with Gasteiger partial charge in [0, 0.05) is 57.7 Å². The highest BCUT2D eigenvalue weighted by Crippen LogP contribution is 2.41. The molecule has 5 rings (SSSR count). The van der Waals surface area contributed by atoms with Gasteiger partial charge in [-0.25, -0.2) is 8.78 Å². The summed E-state index contributed by atoms with van der Waals surface area (Å²) in [4.78, 5) is 57.3. The summed E-state index contributed by atoms with van der Waals surface area (Å²) in [7, 11) is 1.99. The molecule has 10 nitrogen and oxygen atoms in total. The van der Waals surface area contributed by atoms with Crippen LogP contribution in [-0.2, 0) is 27.3 Å². The van der Waals surface area contributed by atoms with Crippen LogP contribution in [0.4, 0.5) is 14.5 Å². The second kappa shape index (κ2) is 15.2. The number of nitrogens with one attached hydrogen (secondary N) is 2. The number of aryl methyl sites for hydroxylation is 2. The highest BCUT2D eigenvalue weighted by atomic mass is 19.1. The monoisotopic (exact) mass is 662 g/mol. The Morgan fingerprint density at radius 1 is 1.00 bits per heavy atom. The maximum Gasteiger partial charge on any atom is 0.245 e. The molecule has 0 spiro atoms. The standard InChI is InChI=1S/C36H44F2N6O4/c1-5-33(46)41-34(36(48)43-17-15-42(4)16-18-43)22(3)23-8-12-30(29(38)20-23)40-35(47)28(21-32(45)31-13-14-39-44(31)6-2)27-10-7-24-19-25(37)9-11-26(24)27/h8-9,11-14,19-20,22,27-28,34H,5-7,10,15-18,21H2,1-4H3,(H,40,47)(H,41,46)/t22-,27?,28?,34+/m0/s1. The number of amides is 3. The van der Waals surface area contributed by atoms with Gasteiger partial charge in [-0.05, 0) is 79.8 Å². The average molecular weight is 663 g/mol. The summed E-state index contributed by atoms with van der Waals surface area (Å²) in [6.45, 7) is 8.32. The molecule has 256 valence electrons. The number of carbonyl (C=O) groups is 4. The highest BCUT2D eigenvalue weighted by molar-refractivity contribution is 6.01. The van der Waals surface area contributed by atoms with Crippen LogP contribution in [0.3, 0.4) is 0 Å². The number of rotatable bonds is 12. The molecule has 3 amide bonds. The number of nitrogens with zero attached hydrogens (tertiary/aromatic N) is 4. The number of carbonyl (C=O) groups excluding carboxylic acids is 4. The van der Waals surface area contributed by atoms with Crippen LogP contribution in [0.25, 0.3) is 0 Å². The predicted octanol–water partition coefficient (Wildman–Crippen LogP) is 4.51. The lowest BCUT2D eigenvalue weighted by Gasteiger charge is -2.36. The molecule has 3 aromatic rings. The summed E-state index contributed by atoms with van der Waals surface area (Å²) in [5, 5.41) is 9.73. The Hall–Kier alpha value is -4.45. The summed E-state index contributed by atoms with van der Waals surface area (Å²) in [5.41, 5.74) is 2.41. The number of hydrogen-bond donors (Lipinski definition) is 2. The van der Waals surface area contributed by atoms with E-state index < -0.39 is 29.6 Å². The summed E-state index contributed by atoms with van der Waals surface area (Å²) < 4.78 is 31.3. The fourth-order valence-electron chi connectivity index (χ4n) is 6.81. The summed E-state index contributed by atoms with van der Waals surface area (Å²) >= 11 is 0. The van der Waals surface area contributed by atoms with Crippen molar-refractivity contribution in [3.63, 3.8) is 0 Å². The minimum atomic E-state index is -0.889. The Balaban J connectivity index is 1.37. The van der Waals surface area contributed by atoms with Crippen molar-refractivity contribution in [1.29, 1.82) is 0 Å². The Morgan fingerprint density at radius 3 is 2.44 bits per heavy atom. The van der Waals surface area contributed by atoms with Crippen LogP contribution in [0.5, 0.6) is 0 Å². The number of Topliss-reactive ketones (excluding diaryl/α,β-unsaturated/α-hetero) is 1. The third kappa shape index (κ3) is 7.64. The summed E-state index contributed by atoms with van der Waals surface area (Å²) in [5.74, 6) is -4.13. The van der Waals surface area contributed by atoms with Crippen LogP contribution in [0.2, 0.25) is 0 Å². The van der Waals surface area contributed by atoms with E-state index in [-0.39, 0.29) is 47.9 Å². The van der Waals surface area contributed by atoms with Crippen LogP contribution >= 0.6 is 0 Å². The fraction of sp³-hybridized carbons (Fsp3) is 0.472. The van der Waals surface area contributed by atoms with Crippen LogP contribution < -0.4 is 10.6 Å². The molecule has 1 aromatic heterocycles. The van der Waals surface area contributed by atoms with Gasteiger partial charge in [0.1, 0.15) is 23.4 Å². The first-order valence-corrected chi connectivity index (χ1v) is 16.7. The Morgan fingerprint density at radius 2 is 1.75 bits per heavy atom. The van der Waals surface area contributed by atoms with Gasteiger partial charge in [-0.15, -0.1) is 0 Å². The van der Waals surface area contributed by atoms with Crippen molar-refractivity contribution >= 4 is 29.2 Å². The van der Waals surface area contributed by atoms with E-state index >= 15 is 4.39 Å². The van der Waals surface area contributed by atoms with E-state index in [1.807, 2.05) is 14.0 Å². The second-order valence-corrected chi connectivity index (χ2v) is 12.8. The molecule has 0 saturated carbocycles. The molecule has 1 aliphatic heterocycles. The largest absolute Gasteiger partial charge is 0.344 e. The molecule has 2 N–H and O–H groups in total. The van der Waals surface area contributed by atoms with Gasteiger partial charge >= 0.3 is 0 Å². The third-order valence-corrected chi connectivity index (χ3v) is 9.75. The topological polar surface area (TPSA) is 117 Å². The molecule has 2 aliphatic rings. The Bertz CT molecular complexity index is 1670. The van der Waals surface area contributed by atoms with Gasteiger partial charge < -0.3 is 20.4 Å². The first-order valence-electron chi connectivity index (χ1n) is 16.7. The van der Waals surface area contributed by atoms with Crippen LogP contribution in [0.15, 0.2) is 48.7 Å². The summed E-state index contributed by atoms with van der Waals surface area (Å²) in [6, 6.07) is 9.56. The van der Waals surface area contributed by atoms with Crippen LogP contribution in [0.1, 0.15) is 79.0 Å². The fourth-order valence-corrected chi connectivity index (χ4v) is 6.81. The first-order chi connectivity index (χ1) is 23.0. The molecule has 2 unspecified atom stereocenters. The molecule has 0 bridgehead atoms. The molecule has 2 heterocycles. The van der Waals surface area contributed by atoms with E-state index in [0.29, 0.717) is 43.7 Å². The summed E-state index contributed by atoms with van der Waals surface area (Å²) in [6.07, 6.45) is 2.70. The Kier molecular flexibility index (Phi) is 11.0. The van der Waals surface area contributed by atoms with Gasteiger partial charge in [-0.1, -0.05) is 26.0 Å². The molecular weight excluding hydrogens is 618 g/mol. The molecule has 1 aliphatic carbocycles. The number of halogens is 2. The van der Waals surface area contributed by atoms with E-state index in [1.165, 1.54) is 30.5 Å². The minimum absolute atomic E-state index is 0.0659. The van der Waals surface area contributed by atoms with Gasteiger partial charge in [0.25, 0.3) is 0 Å². The van der Waals surface area contributed by atoms with Crippen LogP contribution in [0, 0.1) is 17.6 Å². The van der Waals surface area contributed by atoms with Crippen molar-refractivity contribution < 1.29 is 28.0 Å². The van der Waals surface area contributed by atoms with Gasteiger partial charge in [0.05, 0.1) is 11.6 Å². The first kappa shape index (κ1) is 34.9. The molecule has 2 aromatic carbocycles. The number of benzene rings is 2. The van der Waals surface area contributed by atoms with E-state index in [4.69, 9.17) is 0 Å². The predicted molar refractivity (Wildman–Crippen MR) is 178 cm³/mol. The highest BCUT2D eigenvalue weighted by Gasteiger charge is 2.37. The van der Waals surface area contributed by atoms with Crippen molar-refractivity contribution in [3.05, 3.63) is 82.7 Å². The maximum absolute atomic E-state index is 15.7. The smallest absolute Gasteiger partial charge is 0.245 e. The van der Waals surface area contributed by atoms with Crippen molar-refractivity contribution in [2.24, 2.45) is 5.92 Å². The molecular formula is C36H44F2N6O4. The zero-order valence-corrected chi connectivity index (χ0v) is 28.0. The SMILES string of the molecule is CCC(=O)N[C@@H](C(=O)N1CCN(C)CC1)[C@@H](C)c1ccc(NC(=O)C(CC(=O)c2ccnn2CC)C2CCc3cc(F)ccc32)c(F)c1. The number of likely N-dealkylation sites (N-methyl/N-ethyl adjacent to an activating group) is 1. The van der Waals surface area contributed by atoms with Gasteiger partial charge in [-0.3, -0.25) is 23.9 Å². The Labute approximate surface area is 279 Å². The number of anilines is 1. The number of piperazine rings is 1. The molecule has 4 atom stereocenters. The quantitative estimate of drug-likeness (QED) is 0.276. The third-order valence-electron chi connectivity index (χ3n) is 9.75. The average Bonchev–Trinajstić information content (AvgIpc) is 3.73. The number of fused-ring (bicyclic) bond motifs is 1. The molecule has 1 fully saturated rings. The number of ketones is 1. The maximum atomic E-state index is 15.7. The van der Waals surface area contributed by atoms with E-state index in [1.54, 1.807) is 41.6 Å². The zero-order valence-electron chi connectivity index (χ0n) is 28.0. The van der Waals surface area contributed by atoms with Crippen molar-refractivity contribution in [1.82, 2.24) is 24.9 Å². The lowest BCUT2D eigenvalue weighted by Crippen LogP contribution is -2.55. The molecule has 0 radical (unpaired) electrons. The second-order valence-electron chi connectivity index (χ2n) is 12.8. The number of aromatic nitrogens is 2. The van der Waals surface area contributed by atoms with Gasteiger partial charge in [0.2, 0.25) is 17.7 Å². The molecule has 1 saturated heterocycles. The minimum Gasteiger partial charge on any atom is -0.344 e. The van der Waals surface area contributed by atoms with Crippen molar-refractivity contribution in [3.8, 4) is 0 Å². The zero-order chi connectivity index (χ0) is 34.5. The normalized spacial score (nSPS) is 18.1. The van der Waals surface area contributed by atoms with Gasteiger partial charge in [0.15, 0.2) is 5.78 Å². The van der Waals surface area contributed by atoms with Crippen molar-refractivity contribution in [2.45, 2.75) is 70.9 Å². The van der Waals surface area contributed by atoms with E-state index in [9.17, 15) is 23.6 Å². The van der Waals surface area contributed by atoms with E-state index in [2.05, 4.69) is 20.6 Å².